The Labute approximate surface area is 131 Å². The van der Waals surface area contributed by atoms with Crippen molar-refractivity contribution in [2.75, 3.05) is 0 Å². The van der Waals surface area contributed by atoms with E-state index in [9.17, 15) is 14.0 Å². The van der Waals surface area contributed by atoms with Gasteiger partial charge in [-0.2, -0.15) is 0 Å². The number of carbonyl (C=O) groups excluding carboxylic acids is 1. The fraction of sp³-hybridized carbons (Fsp3) is 0.118. The number of hydrogen-bond donors (Lipinski definition) is 1. The normalized spacial score (nSPS) is 10.7. The molecule has 0 saturated heterocycles. The predicted octanol–water partition coefficient (Wildman–Crippen LogP) is 2.07. The molecule has 23 heavy (non-hydrogen) atoms. The molecule has 0 radical (unpaired) electrons. The molecule has 0 atom stereocenters. The fourth-order valence-corrected chi connectivity index (χ4v) is 2.33. The maximum Gasteiger partial charge on any atom is 0.270 e. The zero-order valence-corrected chi connectivity index (χ0v) is 12.4. The number of aryl methyl sites for hydroxylation is 1. The topological polar surface area (TPSA) is 63.5 Å². The van der Waals surface area contributed by atoms with E-state index in [0.29, 0.717) is 11.3 Å². The highest BCUT2D eigenvalue weighted by Crippen LogP contribution is 2.05. The van der Waals surface area contributed by atoms with Crippen LogP contribution in [0.2, 0.25) is 0 Å². The Kier molecular flexibility index (Phi) is 3.89. The van der Waals surface area contributed by atoms with Crippen molar-refractivity contribution < 1.29 is 9.18 Å². The van der Waals surface area contributed by atoms with Crippen LogP contribution >= 0.6 is 0 Å². The molecule has 1 aromatic carbocycles. The monoisotopic (exact) mass is 311 g/mol. The zero-order valence-electron chi connectivity index (χ0n) is 12.4. The number of amides is 1. The van der Waals surface area contributed by atoms with Crippen LogP contribution in [-0.4, -0.2) is 15.3 Å². The minimum atomic E-state index is -0.498. The average Bonchev–Trinajstić information content (AvgIpc) is 2.54. The molecule has 5 nitrogen and oxygen atoms in total. The third kappa shape index (κ3) is 2.96. The first-order valence-corrected chi connectivity index (χ1v) is 7.07. The van der Waals surface area contributed by atoms with Gasteiger partial charge in [-0.15, -0.1) is 0 Å². The second-order valence-corrected chi connectivity index (χ2v) is 5.12. The molecule has 0 unspecified atom stereocenters. The minimum absolute atomic E-state index is 0.0100. The summed E-state index contributed by atoms with van der Waals surface area (Å²) in [6.45, 7) is 1.83. The van der Waals surface area contributed by atoms with E-state index in [1.54, 1.807) is 43.5 Å². The molecule has 2 heterocycles. The van der Waals surface area contributed by atoms with Gasteiger partial charge >= 0.3 is 0 Å². The van der Waals surface area contributed by atoms with Gasteiger partial charge in [0, 0.05) is 12.7 Å². The van der Waals surface area contributed by atoms with E-state index in [-0.39, 0.29) is 17.9 Å². The fourth-order valence-electron chi connectivity index (χ4n) is 2.33. The Hall–Kier alpha value is -3.02. The van der Waals surface area contributed by atoms with E-state index in [0.717, 1.165) is 5.56 Å². The smallest absolute Gasteiger partial charge is 0.270 e. The van der Waals surface area contributed by atoms with Crippen molar-refractivity contribution >= 4 is 11.6 Å². The summed E-state index contributed by atoms with van der Waals surface area (Å²) in [5.74, 6) is -0.838. The maximum absolute atomic E-state index is 12.9. The number of carbonyl (C=O) groups is 1. The Morgan fingerprint density at radius 3 is 2.70 bits per heavy atom. The summed E-state index contributed by atoms with van der Waals surface area (Å²) >= 11 is 0. The predicted molar refractivity (Wildman–Crippen MR) is 83.8 cm³/mol. The summed E-state index contributed by atoms with van der Waals surface area (Å²) in [7, 11) is 0. The van der Waals surface area contributed by atoms with Crippen molar-refractivity contribution in [1.29, 1.82) is 0 Å². The van der Waals surface area contributed by atoms with Crippen molar-refractivity contribution in [3.8, 4) is 0 Å². The van der Waals surface area contributed by atoms with Gasteiger partial charge in [0.15, 0.2) is 0 Å². The highest BCUT2D eigenvalue weighted by molar-refractivity contribution is 5.95. The van der Waals surface area contributed by atoms with Gasteiger partial charge < -0.3 is 5.32 Å². The van der Waals surface area contributed by atoms with Crippen molar-refractivity contribution in [2.24, 2.45) is 0 Å². The second-order valence-electron chi connectivity index (χ2n) is 5.12. The Morgan fingerprint density at radius 2 is 1.96 bits per heavy atom. The van der Waals surface area contributed by atoms with Gasteiger partial charge in [-0.05, 0) is 36.8 Å². The maximum atomic E-state index is 12.9. The highest BCUT2D eigenvalue weighted by Gasteiger charge is 2.16. The van der Waals surface area contributed by atoms with Gasteiger partial charge in [0.2, 0.25) is 0 Å². The summed E-state index contributed by atoms with van der Waals surface area (Å²) in [4.78, 5) is 29.1. The van der Waals surface area contributed by atoms with Crippen LogP contribution in [-0.2, 0) is 6.54 Å². The summed E-state index contributed by atoms with van der Waals surface area (Å²) in [5, 5.41) is 2.67. The molecule has 0 spiro atoms. The van der Waals surface area contributed by atoms with Crippen molar-refractivity contribution in [3.63, 3.8) is 0 Å². The molecule has 2 aromatic heterocycles. The Morgan fingerprint density at radius 1 is 1.22 bits per heavy atom. The van der Waals surface area contributed by atoms with Crippen LogP contribution in [0.15, 0.2) is 53.5 Å². The summed E-state index contributed by atoms with van der Waals surface area (Å²) in [6.07, 6.45) is 1.57. The van der Waals surface area contributed by atoms with Crippen LogP contribution in [0.4, 0.5) is 4.39 Å². The summed E-state index contributed by atoms with van der Waals surface area (Å²) in [5.41, 5.74) is 1.20. The van der Waals surface area contributed by atoms with Crippen molar-refractivity contribution in [2.45, 2.75) is 13.5 Å². The van der Waals surface area contributed by atoms with Crippen LogP contribution in [0.25, 0.3) is 5.65 Å². The third-order valence-electron chi connectivity index (χ3n) is 3.51. The second kappa shape index (κ2) is 6.00. The van der Waals surface area contributed by atoms with E-state index in [1.165, 1.54) is 16.5 Å². The largest absolute Gasteiger partial charge is 0.348 e. The van der Waals surface area contributed by atoms with E-state index < -0.39 is 11.5 Å². The lowest BCUT2D eigenvalue weighted by Gasteiger charge is -2.09. The number of rotatable bonds is 3. The third-order valence-corrected chi connectivity index (χ3v) is 3.51. The van der Waals surface area contributed by atoms with Gasteiger partial charge in [-0.25, -0.2) is 9.37 Å². The van der Waals surface area contributed by atoms with Crippen LogP contribution in [0.1, 0.15) is 21.6 Å². The number of nitrogens with one attached hydrogen (secondary N) is 1. The molecule has 0 bridgehead atoms. The molecular weight excluding hydrogens is 297 g/mol. The number of fused-ring (bicyclic) bond motifs is 1. The molecule has 1 amide bonds. The number of hydrogen-bond acceptors (Lipinski definition) is 3. The summed E-state index contributed by atoms with van der Waals surface area (Å²) in [6, 6.07) is 11.0. The van der Waals surface area contributed by atoms with Gasteiger partial charge in [0.1, 0.15) is 17.0 Å². The van der Waals surface area contributed by atoms with Gasteiger partial charge in [-0.1, -0.05) is 18.2 Å². The van der Waals surface area contributed by atoms with Crippen molar-refractivity contribution in [3.05, 3.63) is 81.7 Å². The molecule has 0 fully saturated rings. The first kappa shape index (κ1) is 14.9. The first-order valence-electron chi connectivity index (χ1n) is 7.07. The van der Waals surface area contributed by atoms with E-state index in [2.05, 4.69) is 10.3 Å². The SMILES string of the molecule is Cc1nc2ccccn2c(=O)c1C(=O)NCc1ccc(F)cc1. The zero-order chi connectivity index (χ0) is 16.4. The van der Waals surface area contributed by atoms with Gasteiger partial charge in [0.05, 0.1) is 5.69 Å². The molecule has 0 saturated carbocycles. The van der Waals surface area contributed by atoms with E-state index in [4.69, 9.17) is 0 Å². The van der Waals surface area contributed by atoms with Crippen LogP contribution < -0.4 is 10.9 Å². The van der Waals surface area contributed by atoms with E-state index in [1.807, 2.05) is 0 Å². The lowest BCUT2D eigenvalue weighted by atomic mass is 10.2. The minimum Gasteiger partial charge on any atom is -0.348 e. The van der Waals surface area contributed by atoms with Crippen LogP contribution in [0.5, 0.6) is 0 Å². The molecule has 116 valence electrons. The van der Waals surface area contributed by atoms with Crippen LogP contribution in [0.3, 0.4) is 0 Å². The first-order chi connectivity index (χ1) is 11.1. The summed E-state index contributed by atoms with van der Waals surface area (Å²) < 4.78 is 14.2. The molecule has 0 aliphatic rings. The Balaban J connectivity index is 1.89. The number of aromatic nitrogens is 2. The highest BCUT2D eigenvalue weighted by atomic mass is 19.1. The molecule has 6 heteroatoms. The van der Waals surface area contributed by atoms with Gasteiger partial charge in [-0.3, -0.25) is 14.0 Å². The Bertz CT molecular complexity index is 933. The average molecular weight is 311 g/mol. The number of halogens is 1. The molecule has 3 rings (SSSR count). The number of pyridine rings is 1. The lowest BCUT2D eigenvalue weighted by molar-refractivity contribution is 0.0948. The quantitative estimate of drug-likeness (QED) is 0.805. The molecule has 0 aliphatic carbocycles. The van der Waals surface area contributed by atoms with Crippen molar-refractivity contribution in [1.82, 2.24) is 14.7 Å². The molecular formula is C17H14FN3O2. The number of benzene rings is 1. The standard InChI is InChI=1S/C17H14FN3O2/c1-11-15(17(23)21-9-3-2-4-14(21)20-11)16(22)19-10-12-5-7-13(18)8-6-12/h2-9H,10H2,1H3,(H,19,22). The number of nitrogens with zero attached hydrogens (tertiary/aromatic N) is 2. The molecule has 0 aliphatic heterocycles. The molecule has 3 aromatic rings. The van der Waals surface area contributed by atoms with Gasteiger partial charge in [0.25, 0.3) is 11.5 Å². The van der Waals surface area contributed by atoms with E-state index >= 15 is 0 Å². The lowest BCUT2D eigenvalue weighted by Crippen LogP contribution is -2.32. The van der Waals surface area contributed by atoms with Crippen LogP contribution in [0, 0.1) is 12.7 Å². The molecule has 1 N–H and O–H groups in total.